The van der Waals surface area contributed by atoms with Crippen LogP contribution in [0.25, 0.3) is 0 Å². The van der Waals surface area contributed by atoms with E-state index < -0.39 is 5.97 Å². The molecule has 0 saturated carbocycles. The Kier molecular flexibility index (Phi) is 6.64. The fourth-order valence-corrected chi connectivity index (χ4v) is 3.04. The average Bonchev–Trinajstić information content (AvgIpc) is 2.89. The predicted molar refractivity (Wildman–Crippen MR) is 95.5 cm³/mol. The van der Waals surface area contributed by atoms with Crippen molar-refractivity contribution in [2.45, 2.75) is 45.2 Å². The molecule has 1 aromatic carbocycles. The molecule has 0 fully saturated rings. The van der Waals surface area contributed by atoms with Crippen molar-refractivity contribution in [1.82, 2.24) is 10.5 Å². The second-order valence-corrected chi connectivity index (χ2v) is 6.90. The summed E-state index contributed by atoms with van der Waals surface area (Å²) >= 11 is 1.31. The van der Waals surface area contributed by atoms with E-state index in [0.717, 1.165) is 5.56 Å². The summed E-state index contributed by atoms with van der Waals surface area (Å²) in [5.74, 6) is 0.372. The molecule has 0 radical (unpaired) electrons. The molecule has 134 valence electrons. The first-order valence-electron chi connectivity index (χ1n) is 7.98. The highest BCUT2D eigenvalue weighted by atomic mass is 32.2. The number of aromatic nitrogens is 1. The van der Waals surface area contributed by atoms with E-state index >= 15 is 0 Å². The lowest BCUT2D eigenvalue weighted by molar-refractivity contribution is -0.119. The van der Waals surface area contributed by atoms with Gasteiger partial charge < -0.3 is 14.6 Å². The molecule has 6 nitrogen and oxygen atoms in total. The zero-order valence-corrected chi connectivity index (χ0v) is 15.6. The molecule has 25 heavy (non-hydrogen) atoms. The standard InChI is InChI=1S/C18H22N2O4S/c1-11(2)19-17(21)10-25-16-8-6-5-7-14(16)18(22)23-9-15-12(3)20-24-13(15)4/h5-8,11H,9-10H2,1-4H3,(H,19,21). The molecule has 0 aliphatic carbocycles. The largest absolute Gasteiger partial charge is 0.457 e. The van der Waals surface area contributed by atoms with Crippen LogP contribution in [0.5, 0.6) is 0 Å². The van der Waals surface area contributed by atoms with E-state index in [1.54, 1.807) is 32.0 Å². The number of ether oxygens (including phenoxy) is 1. The molecule has 0 aliphatic heterocycles. The molecule has 0 aliphatic rings. The summed E-state index contributed by atoms with van der Waals surface area (Å²) in [5, 5.41) is 6.67. The first-order chi connectivity index (χ1) is 11.9. The van der Waals surface area contributed by atoms with Crippen LogP contribution in [0.4, 0.5) is 0 Å². The number of carbonyl (C=O) groups is 2. The van der Waals surface area contributed by atoms with Crippen LogP contribution in [-0.2, 0) is 16.1 Å². The lowest BCUT2D eigenvalue weighted by Crippen LogP contribution is -2.31. The molecule has 1 amide bonds. The summed E-state index contributed by atoms with van der Waals surface area (Å²) in [6.07, 6.45) is 0. The Balaban J connectivity index is 2.01. The molecule has 0 unspecified atom stereocenters. The Morgan fingerprint density at radius 2 is 2.00 bits per heavy atom. The Morgan fingerprint density at radius 3 is 2.64 bits per heavy atom. The van der Waals surface area contributed by atoms with E-state index in [1.807, 2.05) is 19.9 Å². The maximum atomic E-state index is 12.4. The van der Waals surface area contributed by atoms with Gasteiger partial charge in [-0.3, -0.25) is 4.79 Å². The highest BCUT2D eigenvalue weighted by molar-refractivity contribution is 8.00. The summed E-state index contributed by atoms with van der Waals surface area (Å²) in [4.78, 5) is 24.9. The number of nitrogens with zero attached hydrogens (tertiary/aromatic N) is 1. The molecule has 0 atom stereocenters. The van der Waals surface area contributed by atoms with Gasteiger partial charge in [0.1, 0.15) is 12.4 Å². The minimum atomic E-state index is -0.438. The summed E-state index contributed by atoms with van der Waals surface area (Å²) in [7, 11) is 0. The van der Waals surface area contributed by atoms with Crippen molar-refractivity contribution in [3.63, 3.8) is 0 Å². The smallest absolute Gasteiger partial charge is 0.339 e. The van der Waals surface area contributed by atoms with Crippen LogP contribution in [0.1, 0.15) is 41.2 Å². The Morgan fingerprint density at radius 1 is 1.28 bits per heavy atom. The Labute approximate surface area is 151 Å². The van der Waals surface area contributed by atoms with Gasteiger partial charge in [-0.25, -0.2) is 4.79 Å². The number of amides is 1. The number of thioether (sulfide) groups is 1. The van der Waals surface area contributed by atoms with Crippen molar-refractivity contribution in [3.05, 3.63) is 46.8 Å². The molecular weight excluding hydrogens is 340 g/mol. The summed E-state index contributed by atoms with van der Waals surface area (Å²) < 4.78 is 10.5. The number of carbonyl (C=O) groups excluding carboxylic acids is 2. The fourth-order valence-electron chi connectivity index (χ4n) is 2.19. The van der Waals surface area contributed by atoms with Crippen LogP contribution < -0.4 is 5.32 Å². The van der Waals surface area contributed by atoms with E-state index in [2.05, 4.69) is 10.5 Å². The minimum absolute atomic E-state index is 0.0705. The summed E-state index contributed by atoms with van der Waals surface area (Å²) in [6, 6.07) is 7.18. The minimum Gasteiger partial charge on any atom is -0.457 e. The molecular formula is C18H22N2O4S. The molecule has 2 aromatic rings. The molecule has 7 heteroatoms. The van der Waals surface area contributed by atoms with E-state index in [9.17, 15) is 9.59 Å². The number of aryl methyl sites for hydroxylation is 2. The molecule has 2 rings (SSSR count). The number of hydrogen-bond acceptors (Lipinski definition) is 6. The topological polar surface area (TPSA) is 81.4 Å². The van der Waals surface area contributed by atoms with Gasteiger partial charge in [0.15, 0.2) is 0 Å². The third-order valence-electron chi connectivity index (χ3n) is 3.44. The second kappa shape index (κ2) is 8.71. The summed E-state index contributed by atoms with van der Waals surface area (Å²) in [5.41, 5.74) is 1.92. The monoisotopic (exact) mass is 362 g/mol. The van der Waals surface area contributed by atoms with Crippen molar-refractivity contribution in [1.29, 1.82) is 0 Å². The van der Waals surface area contributed by atoms with Crippen molar-refractivity contribution < 1.29 is 18.8 Å². The quantitative estimate of drug-likeness (QED) is 0.601. The average molecular weight is 362 g/mol. The molecule has 1 N–H and O–H groups in total. The van der Waals surface area contributed by atoms with Crippen molar-refractivity contribution in [2.75, 3.05) is 5.75 Å². The van der Waals surface area contributed by atoms with Gasteiger partial charge in [-0.2, -0.15) is 0 Å². The van der Waals surface area contributed by atoms with E-state index in [1.165, 1.54) is 11.8 Å². The maximum absolute atomic E-state index is 12.4. The number of nitrogens with one attached hydrogen (secondary N) is 1. The predicted octanol–water partition coefficient (Wildman–Crippen LogP) is 3.27. The van der Waals surface area contributed by atoms with Crippen LogP contribution in [0, 0.1) is 13.8 Å². The highest BCUT2D eigenvalue weighted by Crippen LogP contribution is 2.24. The van der Waals surface area contributed by atoms with E-state index in [4.69, 9.17) is 9.26 Å². The first-order valence-corrected chi connectivity index (χ1v) is 8.97. The van der Waals surface area contributed by atoms with Gasteiger partial charge in [-0.1, -0.05) is 17.3 Å². The Hall–Kier alpha value is -2.28. The fraction of sp³-hybridized carbons (Fsp3) is 0.389. The lowest BCUT2D eigenvalue weighted by Gasteiger charge is -2.11. The highest BCUT2D eigenvalue weighted by Gasteiger charge is 2.16. The van der Waals surface area contributed by atoms with Crippen LogP contribution in [0.3, 0.4) is 0 Å². The van der Waals surface area contributed by atoms with Gasteiger partial charge >= 0.3 is 5.97 Å². The molecule has 0 saturated heterocycles. The number of hydrogen-bond donors (Lipinski definition) is 1. The third-order valence-corrected chi connectivity index (χ3v) is 4.52. The van der Waals surface area contributed by atoms with Crippen LogP contribution in [0.2, 0.25) is 0 Å². The zero-order chi connectivity index (χ0) is 18.4. The van der Waals surface area contributed by atoms with Crippen molar-refractivity contribution >= 4 is 23.6 Å². The summed E-state index contributed by atoms with van der Waals surface area (Å²) in [6.45, 7) is 7.50. The molecule has 0 bridgehead atoms. The molecule has 0 spiro atoms. The van der Waals surface area contributed by atoms with E-state index in [-0.39, 0.29) is 24.3 Å². The van der Waals surface area contributed by atoms with Crippen molar-refractivity contribution in [3.8, 4) is 0 Å². The Bertz CT molecular complexity index is 736. The zero-order valence-electron chi connectivity index (χ0n) is 14.8. The first kappa shape index (κ1) is 19.1. The van der Waals surface area contributed by atoms with E-state index in [0.29, 0.717) is 21.9 Å². The second-order valence-electron chi connectivity index (χ2n) is 5.89. The van der Waals surface area contributed by atoms with Gasteiger partial charge in [0, 0.05) is 10.9 Å². The lowest BCUT2D eigenvalue weighted by atomic mass is 10.2. The van der Waals surface area contributed by atoms with Gasteiger partial charge in [0.05, 0.1) is 22.6 Å². The van der Waals surface area contributed by atoms with Crippen LogP contribution in [-0.4, -0.2) is 28.8 Å². The molecule has 1 aromatic heterocycles. The van der Waals surface area contributed by atoms with Gasteiger partial charge in [0.2, 0.25) is 5.91 Å². The van der Waals surface area contributed by atoms with Crippen molar-refractivity contribution in [2.24, 2.45) is 0 Å². The number of esters is 1. The SMILES string of the molecule is Cc1noc(C)c1COC(=O)c1ccccc1SCC(=O)NC(C)C. The van der Waals surface area contributed by atoms with Gasteiger partial charge in [-0.05, 0) is 39.8 Å². The normalized spacial score (nSPS) is 10.8. The van der Waals surface area contributed by atoms with Gasteiger partial charge in [0.25, 0.3) is 0 Å². The van der Waals surface area contributed by atoms with Crippen LogP contribution >= 0.6 is 11.8 Å². The maximum Gasteiger partial charge on any atom is 0.339 e. The number of rotatable bonds is 7. The molecule has 1 heterocycles. The van der Waals surface area contributed by atoms with Crippen LogP contribution in [0.15, 0.2) is 33.7 Å². The third kappa shape index (κ3) is 5.35. The number of benzene rings is 1. The van der Waals surface area contributed by atoms with Gasteiger partial charge in [-0.15, -0.1) is 11.8 Å².